The molecule has 1 aliphatic rings. The first-order valence-corrected chi connectivity index (χ1v) is 9.86. The fraction of sp³-hybridized carbons (Fsp3) is 0.524. The number of benzene rings is 1. The van der Waals surface area contributed by atoms with Crippen LogP contribution < -0.4 is 10.6 Å². The first kappa shape index (κ1) is 19.4. The molecule has 1 aromatic carbocycles. The maximum absolute atomic E-state index is 13.2. The zero-order valence-electron chi connectivity index (χ0n) is 16.4. The Labute approximate surface area is 160 Å². The van der Waals surface area contributed by atoms with Gasteiger partial charge in [0.1, 0.15) is 11.6 Å². The Morgan fingerprint density at radius 2 is 1.89 bits per heavy atom. The van der Waals surface area contributed by atoms with Crippen molar-refractivity contribution in [2.45, 2.75) is 58.4 Å². The van der Waals surface area contributed by atoms with E-state index in [1.165, 1.54) is 5.56 Å². The molecule has 1 aliphatic carbocycles. The average Bonchev–Trinajstić information content (AvgIpc) is 3.37. The van der Waals surface area contributed by atoms with Crippen LogP contribution in [0.15, 0.2) is 33.8 Å². The van der Waals surface area contributed by atoms with E-state index in [9.17, 15) is 4.39 Å². The molecular weight excluding hydrogens is 343 g/mol. The maximum Gasteiger partial charge on any atom is 0.191 e. The van der Waals surface area contributed by atoms with Crippen LogP contribution in [0.25, 0.3) is 0 Å². The molecule has 6 heteroatoms. The molecule has 0 atom stereocenters. The second-order valence-electron chi connectivity index (χ2n) is 7.07. The number of halogens is 1. The van der Waals surface area contributed by atoms with E-state index in [0.717, 1.165) is 61.7 Å². The fourth-order valence-electron chi connectivity index (χ4n) is 3.39. The fourth-order valence-corrected chi connectivity index (χ4v) is 3.39. The smallest absolute Gasteiger partial charge is 0.191 e. The highest BCUT2D eigenvalue weighted by molar-refractivity contribution is 5.80. The molecule has 0 aliphatic heterocycles. The predicted molar refractivity (Wildman–Crippen MR) is 105 cm³/mol. The van der Waals surface area contributed by atoms with Crippen molar-refractivity contribution in [1.29, 1.82) is 0 Å². The molecule has 0 spiro atoms. The normalized spacial score (nSPS) is 15.6. The zero-order valence-corrected chi connectivity index (χ0v) is 16.4. The first-order valence-electron chi connectivity index (χ1n) is 9.86. The van der Waals surface area contributed by atoms with E-state index < -0.39 is 0 Å². The van der Waals surface area contributed by atoms with Crippen LogP contribution in [0.4, 0.5) is 4.39 Å². The van der Waals surface area contributed by atoms with E-state index in [2.05, 4.69) is 36.6 Å². The van der Waals surface area contributed by atoms with Crippen molar-refractivity contribution in [3.63, 3.8) is 0 Å². The van der Waals surface area contributed by atoms with Crippen LogP contribution in [-0.4, -0.2) is 24.2 Å². The molecule has 0 saturated heterocycles. The quantitative estimate of drug-likeness (QED) is 0.548. The number of guanidine groups is 1. The van der Waals surface area contributed by atoms with E-state index >= 15 is 0 Å². The van der Waals surface area contributed by atoms with Crippen LogP contribution >= 0.6 is 0 Å². The number of aliphatic imine (C=N–C) groups is 1. The molecule has 1 fully saturated rings. The van der Waals surface area contributed by atoms with Crippen LogP contribution in [-0.2, 0) is 24.8 Å². The maximum atomic E-state index is 13.2. The molecule has 3 rings (SSSR count). The monoisotopic (exact) mass is 372 g/mol. The van der Waals surface area contributed by atoms with Gasteiger partial charge in [0.25, 0.3) is 0 Å². The van der Waals surface area contributed by atoms with Gasteiger partial charge in [-0.15, -0.1) is 0 Å². The second-order valence-corrected chi connectivity index (χ2v) is 7.07. The molecule has 1 aromatic heterocycles. The van der Waals surface area contributed by atoms with Crippen LogP contribution in [0.2, 0.25) is 0 Å². The minimum Gasteiger partial charge on any atom is -0.361 e. The summed E-state index contributed by atoms with van der Waals surface area (Å²) in [7, 11) is 0. The number of aryl methyl sites for hydroxylation is 2. The van der Waals surface area contributed by atoms with E-state index in [4.69, 9.17) is 9.52 Å². The topological polar surface area (TPSA) is 62.5 Å². The van der Waals surface area contributed by atoms with Crippen LogP contribution in [0, 0.1) is 5.82 Å². The standard InChI is InChI=1S/C21H29FN4O/c1-4-18-17(19(5-2)27-26-18)13-24-20(23-6-3)25-14-21(11-12-21)15-7-9-16(22)10-8-15/h7-10H,4-6,11-14H2,1-3H3,(H2,23,24,25). The van der Waals surface area contributed by atoms with Gasteiger partial charge in [-0.25, -0.2) is 9.38 Å². The summed E-state index contributed by atoms with van der Waals surface area (Å²) in [6.07, 6.45) is 3.87. The highest BCUT2D eigenvalue weighted by Gasteiger charge is 2.44. The summed E-state index contributed by atoms with van der Waals surface area (Å²) in [6, 6.07) is 6.87. The number of rotatable bonds is 8. The minimum atomic E-state index is -0.190. The van der Waals surface area contributed by atoms with Gasteiger partial charge in [-0.2, -0.15) is 0 Å². The number of hydrogen-bond acceptors (Lipinski definition) is 3. The number of nitrogens with one attached hydrogen (secondary N) is 2. The summed E-state index contributed by atoms with van der Waals surface area (Å²) < 4.78 is 18.6. The predicted octanol–water partition coefficient (Wildman–Crippen LogP) is 3.73. The van der Waals surface area contributed by atoms with Crippen molar-refractivity contribution in [2.24, 2.45) is 4.99 Å². The van der Waals surface area contributed by atoms with Gasteiger partial charge in [0.05, 0.1) is 12.2 Å². The highest BCUT2D eigenvalue weighted by atomic mass is 19.1. The van der Waals surface area contributed by atoms with Crippen molar-refractivity contribution in [3.05, 3.63) is 52.7 Å². The van der Waals surface area contributed by atoms with Gasteiger partial charge in [0, 0.05) is 30.5 Å². The van der Waals surface area contributed by atoms with Gasteiger partial charge in [0.2, 0.25) is 0 Å². The van der Waals surface area contributed by atoms with E-state index in [1.54, 1.807) is 12.1 Å². The van der Waals surface area contributed by atoms with Crippen molar-refractivity contribution in [1.82, 2.24) is 15.8 Å². The van der Waals surface area contributed by atoms with E-state index in [0.29, 0.717) is 6.54 Å². The SMILES string of the molecule is CCNC(=NCc1c(CC)noc1CC)NCC1(c2ccc(F)cc2)CC1. The summed E-state index contributed by atoms with van der Waals surface area (Å²) in [6.45, 7) is 8.33. The van der Waals surface area contributed by atoms with Gasteiger partial charge < -0.3 is 15.2 Å². The molecule has 1 heterocycles. The molecule has 0 radical (unpaired) electrons. The van der Waals surface area contributed by atoms with Crippen molar-refractivity contribution in [2.75, 3.05) is 13.1 Å². The number of nitrogens with zero attached hydrogens (tertiary/aromatic N) is 2. The van der Waals surface area contributed by atoms with E-state index in [-0.39, 0.29) is 11.2 Å². The third-order valence-corrected chi connectivity index (χ3v) is 5.25. The molecule has 5 nitrogen and oxygen atoms in total. The molecule has 27 heavy (non-hydrogen) atoms. The van der Waals surface area contributed by atoms with E-state index in [1.807, 2.05) is 12.1 Å². The molecule has 2 aromatic rings. The molecular formula is C21H29FN4O. The Balaban J connectivity index is 1.68. The molecule has 2 N–H and O–H groups in total. The van der Waals surface area contributed by atoms with Gasteiger partial charge >= 0.3 is 0 Å². The van der Waals surface area contributed by atoms with Crippen LogP contribution in [0.1, 0.15) is 56.2 Å². The summed E-state index contributed by atoms with van der Waals surface area (Å²) in [5.41, 5.74) is 3.35. The summed E-state index contributed by atoms with van der Waals surface area (Å²) in [4.78, 5) is 4.75. The van der Waals surface area contributed by atoms with Crippen molar-refractivity contribution < 1.29 is 8.91 Å². The lowest BCUT2D eigenvalue weighted by Crippen LogP contribution is -2.41. The van der Waals surface area contributed by atoms with Gasteiger partial charge in [-0.3, -0.25) is 0 Å². The van der Waals surface area contributed by atoms with Gasteiger partial charge in [0.15, 0.2) is 5.96 Å². The zero-order chi connectivity index (χ0) is 19.3. The Hall–Kier alpha value is -2.37. The Morgan fingerprint density at radius 3 is 2.48 bits per heavy atom. The minimum absolute atomic E-state index is 0.0875. The lowest BCUT2D eigenvalue weighted by Gasteiger charge is -2.19. The Morgan fingerprint density at radius 1 is 1.15 bits per heavy atom. The number of aromatic nitrogens is 1. The molecule has 0 unspecified atom stereocenters. The third-order valence-electron chi connectivity index (χ3n) is 5.25. The molecule has 1 saturated carbocycles. The lowest BCUT2D eigenvalue weighted by atomic mass is 9.96. The van der Waals surface area contributed by atoms with Gasteiger partial charge in [-0.1, -0.05) is 31.1 Å². The van der Waals surface area contributed by atoms with Crippen LogP contribution in [0.5, 0.6) is 0 Å². The average molecular weight is 372 g/mol. The largest absolute Gasteiger partial charge is 0.361 e. The molecule has 0 bridgehead atoms. The highest BCUT2D eigenvalue weighted by Crippen LogP contribution is 2.47. The van der Waals surface area contributed by atoms with Crippen molar-refractivity contribution in [3.8, 4) is 0 Å². The Bertz CT molecular complexity index is 756. The third kappa shape index (κ3) is 4.49. The lowest BCUT2D eigenvalue weighted by molar-refractivity contribution is 0.380. The first-order chi connectivity index (χ1) is 13.1. The number of hydrogen-bond donors (Lipinski definition) is 2. The summed E-state index contributed by atoms with van der Waals surface area (Å²) in [5.74, 6) is 1.51. The summed E-state index contributed by atoms with van der Waals surface area (Å²) in [5, 5.41) is 10.9. The van der Waals surface area contributed by atoms with Crippen molar-refractivity contribution >= 4 is 5.96 Å². The van der Waals surface area contributed by atoms with Crippen LogP contribution in [0.3, 0.4) is 0 Å². The molecule has 0 amide bonds. The summed E-state index contributed by atoms with van der Waals surface area (Å²) >= 11 is 0. The van der Waals surface area contributed by atoms with Gasteiger partial charge in [-0.05, 0) is 43.9 Å². The Kier molecular flexibility index (Phi) is 6.14. The second kappa shape index (κ2) is 8.55. The molecule has 146 valence electrons.